The molecule has 2 aliphatic rings. The van der Waals surface area contributed by atoms with Crippen molar-refractivity contribution in [1.29, 1.82) is 0 Å². The van der Waals surface area contributed by atoms with Crippen LogP contribution in [0.15, 0.2) is 17.5 Å². The Morgan fingerprint density at radius 3 is 3.00 bits per heavy atom. The Bertz CT molecular complexity index is 511. The van der Waals surface area contributed by atoms with E-state index in [1.54, 1.807) is 0 Å². The highest BCUT2D eigenvalue weighted by Crippen LogP contribution is 2.21. The van der Waals surface area contributed by atoms with Gasteiger partial charge in [0.1, 0.15) is 0 Å². The summed E-state index contributed by atoms with van der Waals surface area (Å²) in [5.74, 6) is 0.00451. The third-order valence-electron chi connectivity index (χ3n) is 4.34. The zero-order valence-corrected chi connectivity index (χ0v) is 13.4. The van der Waals surface area contributed by atoms with Gasteiger partial charge in [0.15, 0.2) is 0 Å². The lowest BCUT2D eigenvalue weighted by Gasteiger charge is -2.32. The molecule has 1 N–H and O–H groups in total. The third kappa shape index (κ3) is 3.67. The fourth-order valence-electron chi connectivity index (χ4n) is 3.10. The van der Waals surface area contributed by atoms with Crippen LogP contribution in [0.2, 0.25) is 0 Å². The molecule has 5 nitrogen and oxygen atoms in total. The summed E-state index contributed by atoms with van der Waals surface area (Å²) in [6, 6.07) is 3.72. The number of nitrogens with one attached hydrogen (secondary N) is 1. The van der Waals surface area contributed by atoms with E-state index in [2.05, 4.69) is 5.32 Å². The number of hydrogen-bond donors (Lipinski definition) is 1. The van der Waals surface area contributed by atoms with Crippen LogP contribution < -0.4 is 5.32 Å². The van der Waals surface area contributed by atoms with Crippen LogP contribution in [0.25, 0.3) is 0 Å². The molecule has 2 fully saturated rings. The van der Waals surface area contributed by atoms with Gasteiger partial charge in [-0.15, -0.1) is 11.3 Å². The first-order valence-electron chi connectivity index (χ1n) is 7.96. The molecule has 120 valence electrons. The molecule has 6 heteroatoms. The third-order valence-corrected chi connectivity index (χ3v) is 5.20. The Morgan fingerprint density at radius 1 is 1.36 bits per heavy atom. The normalized spacial score (nSPS) is 25.2. The predicted molar refractivity (Wildman–Crippen MR) is 84.9 cm³/mol. The molecule has 0 bridgehead atoms. The summed E-state index contributed by atoms with van der Waals surface area (Å²) in [4.78, 5) is 27.2. The summed E-state index contributed by atoms with van der Waals surface area (Å²) in [5, 5.41) is 4.89. The van der Waals surface area contributed by atoms with Gasteiger partial charge in [-0.1, -0.05) is 6.07 Å². The highest BCUT2D eigenvalue weighted by molar-refractivity contribution is 7.12. The van der Waals surface area contributed by atoms with Crippen molar-refractivity contribution in [2.45, 2.75) is 31.8 Å². The summed E-state index contributed by atoms with van der Waals surface area (Å²) in [5.41, 5.74) is 0. The first-order chi connectivity index (χ1) is 10.7. The molecule has 3 rings (SSSR count). The number of carbonyl (C=O) groups excluding carboxylic acids is 2. The molecular weight excluding hydrogens is 300 g/mol. The van der Waals surface area contributed by atoms with Gasteiger partial charge in [0, 0.05) is 26.2 Å². The van der Waals surface area contributed by atoms with Gasteiger partial charge in [-0.2, -0.15) is 0 Å². The van der Waals surface area contributed by atoms with Gasteiger partial charge in [-0.05, 0) is 37.1 Å². The fraction of sp³-hybridized carbons (Fsp3) is 0.625. The van der Waals surface area contributed by atoms with E-state index in [1.165, 1.54) is 11.3 Å². The van der Waals surface area contributed by atoms with Crippen molar-refractivity contribution in [3.63, 3.8) is 0 Å². The molecule has 0 unspecified atom stereocenters. The maximum Gasteiger partial charge on any atom is 0.263 e. The van der Waals surface area contributed by atoms with Crippen LogP contribution in [0.1, 0.15) is 35.4 Å². The number of amides is 2. The molecule has 3 heterocycles. The summed E-state index contributed by atoms with van der Waals surface area (Å²) in [6.45, 7) is 2.65. The van der Waals surface area contributed by atoms with Gasteiger partial charge in [-0.3, -0.25) is 9.59 Å². The smallest absolute Gasteiger partial charge is 0.263 e. The Labute approximate surface area is 134 Å². The van der Waals surface area contributed by atoms with E-state index in [1.807, 2.05) is 22.4 Å². The molecule has 2 atom stereocenters. The van der Waals surface area contributed by atoms with E-state index in [0.29, 0.717) is 13.1 Å². The van der Waals surface area contributed by atoms with Crippen LogP contribution in [-0.2, 0) is 9.53 Å². The number of nitrogens with zero attached hydrogens (tertiary/aromatic N) is 1. The maximum atomic E-state index is 12.4. The second kappa shape index (κ2) is 7.24. The zero-order chi connectivity index (χ0) is 15.4. The predicted octanol–water partition coefficient (Wildman–Crippen LogP) is 1.90. The Kier molecular flexibility index (Phi) is 5.10. The molecule has 0 saturated carbocycles. The largest absolute Gasteiger partial charge is 0.376 e. The van der Waals surface area contributed by atoms with E-state index in [0.717, 1.165) is 43.7 Å². The fourth-order valence-corrected chi connectivity index (χ4v) is 3.79. The standard InChI is InChI=1S/C16H22N2O3S/c19-15(17-10-13-5-2-8-21-13)12-4-1-7-18(11-12)16(20)14-6-3-9-22-14/h3,6,9,12-13H,1-2,4-5,7-8,10-11H2,(H,17,19)/t12-,13-/m1/s1. The number of likely N-dealkylation sites (tertiary alicyclic amines) is 1. The topological polar surface area (TPSA) is 58.6 Å². The summed E-state index contributed by atoms with van der Waals surface area (Å²) < 4.78 is 5.52. The number of hydrogen-bond acceptors (Lipinski definition) is 4. The van der Waals surface area contributed by atoms with E-state index in [4.69, 9.17) is 4.74 Å². The van der Waals surface area contributed by atoms with Crippen LogP contribution in [0, 0.1) is 5.92 Å². The minimum Gasteiger partial charge on any atom is -0.376 e. The molecule has 2 amide bonds. The number of piperidine rings is 1. The summed E-state index contributed by atoms with van der Waals surface area (Å²) in [6.07, 6.45) is 4.00. The van der Waals surface area contributed by atoms with Gasteiger partial charge in [0.05, 0.1) is 16.9 Å². The molecule has 0 aliphatic carbocycles. The lowest BCUT2D eigenvalue weighted by molar-refractivity contribution is -0.126. The second-order valence-electron chi connectivity index (χ2n) is 5.95. The summed E-state index contributed by atoms with van der Waals surface area (Å²) in [7, 11) is 0. The highest BCUT2D eigenvalue weighted by atomic mass is 32.1. The average molecular weight is 322 g/mol. The van der Waals surface area contributed by atoms with E-state index in [9.17, 15) is 9.59 Å². The zero-order valence-electron chi connectivity index (χ0n) is 12.6. The van der Waals surface area contributed by atoms with E-state index >= 15 is 0 Å². The number of ether oxygens (including phenoxy) is 1. The molecule has 22 heavy (non-hydrogen) atoms. The van der Waals surface area contributed by atoms with E-state index < -0.39 is 0 Å². The Balaban J connectivity index is 1.51. The van der Waals surface area contributed by atoms with Crippen LogP contribution in [-0.4, -0.2) is 49.1 Å². The van der Waals surface area contributed by atoms with Crippen molar-refractivity contribution in [1.82, 2.24) is 10.2 Å². The first-order valence-corrected chi connectivity index (χ1v) is 8.84. The van der Waals surface area contributed by atoms with Gasteiger partial charge in [0.25, 0.3) is 5.91 Å². The van der Waals surface area contributed by atoms with Gasteiger partial charge in [-0.25, -0.2) is 0 Å². The van der Waals surface area contributed by atoms with Crippen molar-refractivity contribution >= 4 is 23.2 Å². The second-order valence-corrected chi connectivity index (χ2v) is 6.90. The molecule has 2 aliphatic heterocycles. The lowest BCUT2D eigenvalue weighted by atomic mass is 9.97. The van der Waals surface area contributed by atoms with Crippen molar-refractivity contribution in [3.8, 4) is 0 Å². The minimum absolute atomic E-state index is 0.0478. The molecule has 2 saturated heterocycles. The molecule has 0 spiro atoms. The van der Waals surface area contributed by atoms with Crippen molar-refractivity contribution in [2.24, 2.45) is 5.92 Å². The molecule has 0 radical (unpaired) electrons. The maximum absolute atomic E-state index is 12.4. The molecule has 1 aromatic heterocycles. The SMILES string of the molecule is O=C(NC[C@H]1CCCO1)[C@@H]1CCCN(C(=O)c2cccs2)C1. The summed E-state index contributed by atoms with van der Waals surface area (Å²) >= 11 is 1.45. The van der Waals surface area contributed by atoms with Gasteiger partial charge in [0.2, 0.25) is 5.91 Å². The van der Waals surface area contributed by atoms with Crippen LogP contribution >= 0.6 is 11.3 Å². The Hall–Kier alpha value is -1.40. The van der Waals surface area contributed by atoms with Gasteiger partial charge >= 0.3 is 0 Å². The average Bonchev–Trinajstić information content (AvgIpc) is 3.25. The lowest BCUT2D eigenvalue weighted by Crippen LogP contribution is -2.46. The van der Waals surface area contributed by atoms with Crippen molar-refractivity contribution < 1.29 is 14.3 Å². The number of thiophene rings is 1. The van der Waals surface area contributed by atoms with Gasteiger partial charge < -0.3 is 15.0 Å². The van der Waals surface area contributed by atoms with Crippen molar-refractivity contribution in [2.75, 3.05) is 26.2 Å². The van der Waals surface area contributed by atoms with Crippen LogP contribution in [0.5, 0.6) is 0 Å². The molecular formula is C16H22N2O3S. The first kappa shape index (κ1) is 15.5. The van der Waals surface area contributed by atoms with Crippen LogP contribution in [0.4, 0.5) is 0 Å². The quantitative estimate of drug-likeness (QED) is 0.921. The minimum atomic E-state index is -0.0981. The van der Waals surface area contributed by atoms with Crippen molar-refractivity contribution in [3.05, 3.63) is 22.4 Å². The Morgan fingerprint density at radius 2 is 2.27 bits per heavy atom. The molecule has 1 aromatic rings. The van der Waals surface area contributed by atoms with E-state index in [-0.39, 0.29) is 23.8 Å². The monoisotopic (exact) mass is 322 g/mol. The number of carbonyl (C=O) groups is 2. The molecule has 0 aromatic carbocycles. The van der Waals surface area contributed by atoms with Crippen LogP contribution in [0.3, 0.4) is 0 Å². The highest BCUT2D eigenvalue weighted by Gasteiger charge is 2.29. The number of rotatable bonds is 4.